The number of hydrogen-bond donors (Lipinski definition) is 2. The second-order valence-corrected chi connectivity index (χ2v) is 4.02. The molecule has 1 aromatic rings. The maximum absolute atomic E-state index is 11.5. The van der Waals surface area contributed by atoms with Crippen LogP contribution in [0.15, 0.2) is 24.5 Å². The maximum atomic E-state index is 11.5. The number of unbranched alkanes of at least 4 members (excludes halogenated alkanes) is 2. The lowest BCUT2D eigenvalue weighted by molar-refractivity contribution is -0.120. The average Bonchev–Trinajstić information content (AvgIpc) is 2.37. The highest BCUT2D eigenvalue weighted by molar-refractivity contribution is 5.77. The van der Waals surface area contributed by atoms with E-state index in [-0.39, 0.29) is 5.91 Å². The summed E-state index contributed by atoms with van der Waals surface area (Å²) in [4.78, 5) is 15.4. The fourth-order valence-corrected chi connectivity index (χ4v) is 1.47. The molecule has 1 amide bonds. The van der Waals surface area contributed by atoms with Crippen LogP contribution in [0.25, 0.3) is 0 Å². The van der Waals surface area contributed by atoms with Gasteiger partial charge in [0.05, 0.1) is 6.54 Å². The highest BCUT2D eigenvalue weighted by Crippen LogP contribution is 1.94. The monoisotopic (exact) mass is 235 g/mol. The van der Waals surface area contributed by atoms with E-state index >= 15 is 0 Å². The molecule has 0 bridgehead atoms. The van der Waals surface area contributed by atoms with Crippen LogP contribution in [0.1, 0.15) is 31.7 Å². The minimum absolute atomic E-state index is 0.0327. The molecule has 1 heterocycles. The highest BCUT2D eigenvalue weighted by atomic mass is 16.1. The fourth-order valence-electron chi connectivity index (χ4n) is 1.47. The van der Waals surface area contributed by atoms with Gasteiger partial charge in [-0.2, -0.15) is 0 Å². The Kier molecular flexibility index (Phi) is 6.98. The molecule has 0 aliphatic rings. The Labute approximate surface area is 103 Å². The van der Waals surface area contributed by atoms with Crippen molar-refractivity contribution in [3.8, 4) is 0 Å². The number of aromatic nitrogens is 1. The smallest absolute Gasteiger partial charge is 0.234 e. The van der Waals surface area contributed by atoms with E-state index in [1.807, 2.05) is 12.1 Å². The van der Waals surface area contributed by atoms with Crippen LogP contribution in [0.5, 0.6) is 0 Å². The van der Waals surface area contributed by atoms with Gasteiger partial charge >= 0.3 is 0 Å². The van der Waals surface area contributed by atoms with Crippen LogP contribution in [-0.2, 0) is 11.3 Å². The maximum Gasteiger partial charge on any atom is 0.234 e. The number of carbonyl (C=O) groups is 1. The lowest BCUT2D eigenvalue weighted by Crippen LogP contribution is -2.33. The number of rotatable bonds is 8. The fraction of sp³-hybridized carbons (Fsp3) is 0.538. The van der Waals surface area contributed by atoms with Crippen LogP contribution in [0, 0.1) is 0 Å². The molecular formula is C13H21N3O. The Morgan fingerprint density at radius 2 is 2.29 bits per heavy atom. The summed E-state index contributed by atoms with van der Waals surface area (Å²) in [6.07, 6.45) is 7.03. The molecule has 0 spiro atoms. The van der Waals surface area contributed by atoms with Gasteiger partial charge in [0.25, 0.3) is 0 Å². The number of carbonyl (C=O) groups excluding carboxylic acids is 1. The molecule has 0 atom stereocenters. The zero-order valence-corrected chi connectivity index (χ0v) is 10.4. The summed E-state index contributed by atoms with van der Waals surface area (Å²) in [5.41, 5.74) is 1.02. The summed E-state index contributed by atoms with van der Waals surface area (Å²) in [6, 6.07) is 3.81. The quantitative estimate of drug-likeness (QED) is 0.671. The van der Waals surface area contributed by atoms with Crippen molar-refractivity contribution < 1.29 is 4.79 Å². The molecule has 0 aliphatic carbocycles. The standard InChI is InChI=1S/C13H21N3O/c1-2-3-4-7-15-11-13(17)16-10-12-6-5-8-14-9-12/h5-6,8-9,15H,2-4,7,10-11H2,1H3,(H,16,17). The van der Waals surface area contributed by atoms with E-state index in [0.29, 0.717) is 13.1 Å². The first kappa shape index (κ1) is 13.6. The van der Waals surface area contributed by atoms with Gasteiger partial charge in [0, 0.05) is 18.9 Å². The van der Waals surface area contributed by atoms with Crippen molar-refractivity contribution in [2.45, 2.75) is 32.7 Å². The first-order valence-corrected chi connectivity index (χ1v) is 6.19. The molecule has 94 valence electrons. The van der Waals surface area contributed by atoms with Crippen LogP contribution in [0.4, 0.5) is 0 Å². The molecule has 0 aliphatic heterocycles. The predicted octanol–water partition coefficient (Wildman–Crippen LogP) is 1.48. The van der Waals surface area contributed by atoms with Crippen LogP contribution < -0.4 is 10.6 Å². The van der Waals surface area contributed by atoms with Gasteiger partial charge in [-0.05, 0) is 24.6 Å². The molecule has 0 fully saturated rings. The van der Waals surface area contributed by atoms with E-state index in [2.05, 4.69) is 22.5 Å². The van der Waals surface area contributed by atoms with Gasteiger partial charge in [0.2, 0.25) is 5.91 Å². The van der Waals surface area contributed by atoms with E-state index in [4.69, 9.17) is 0 Å². The molecule has 4 heteroatoms. The van der Waals surface area contributed by atoms with E-state index in [1.54, 1.807) is 12.4 Å². The molecule has 1 rings (SSSR count). The predicted molar refractivity (Wildman–Crippen MR) is 68.5 cm³/mol. The summed E-state index contributed by atoms with van der Waals surface area (Å²) in [6.45, 7) is 4.02. The Morgan fingerprint density at radius 1 is 1.41 bits per heavy atom. The van der Waals surface area contributed by atoms with Crippen LogP contribution in [0.2, 0.25) is 0 Å². The van der Waals surface area contributed by atoms with E-state index in [0.717, 1.165) is 18.5 Å². The molecule has 0 saturated carbocycles. The lowest BCUT2D eigenvalue weighted by atomic mass is 10.2. The minimum Gasteiger partial charge on any atom is -0.351 e. The van der Waals surface area contributed by atoms with Crippen LogP contribution in [-0.4, -0.2) is 24.0 Å². The van der Waals surface area contributed by atoms with Crippen molar-refractivity contribution >= 4 is 5.91 Å². The summed E-state index contributed by atoms with van der Waals surface area (Å²) in [5.74, 6) is 0.0327. The van der Waals surface area contributed by atoms with Gasteiger partial charge in [-0.15, -0.1) is 0 Å². The number of pyridine rings is 1. The van der Waals surface area contributed by atoms with E-state index in [1.165, 1.54) is 12.8 Å². The summed E-state index contributed by atoms with van der Waals surface area (Å²) < 4.78 is 0. The zero-order chi connectivity index (χ0) is 12.3. The first-order chi connectivity index (χ1) is 8.33. The Morgan fingerprint density at radius 3 is 3.00 bits per heavy atom. The van der Waals surface area contributed by atoms with Gasteiger partial charge < -0.3 is 10.6 Å². The van der Waals surface area contributed by atoms with E-state index in [9.17, 15) is 4.79 Å². The Hall–Kier alpha value is -1.42. The lowest BCUT2D eigenvalue weighted by Gasteiger charge is -2.06. The molecule has 0 unspecified atom stereocenters. The van der Waals surface area contributed by atoms with Crippen molar-refractivity contribution in [3.63, 3.8) is 0 Å². The van der Waals surface area contributed by atoms with Gasteiger partial charge in [0.15, 0.2) is 0 Å². The number of hydrogen-bond acceptors (Lipinski definition) is 3. The average molecular weight is 235 g/mol. The van der Waals surface area contributed by atoms with Gasteiger partial charge in [0.1, 0.15) is 0 Å². The SMILES string of the molecule is CCCCCNCC(=O)NCc1cccnc1. The molecule has 0 saturated heterocycles. The Bertz CT molecular complexity index is 314. The largest absolute Gasteiger partial charge is 0.351 e. The number of nitrogens with zero attached hydrogens (tertiary/aromatic N) is 1. The second-order valence-electron chi connectivity index (χ2n) is 4.02. The second kappa shape index (κ2) is 8.70. The molecule has 17 heavy (non-hydrogen) atoms. The van der Waals surface area contributed by atoms with Crippen LogP contribution in [0.3, 0.4) is 0 Å². The van der Waals surface area contributed by atoms with Gasteiger partial charge in [-0.1, -0.05) is 25.8 Å². The minimum atomic E-state index is 0.0327. The van der Waals surface area contributed by atoms with Gasteiger partial charge in [-0.3, -0.25) is 9.78 Å². The first-order valence-electron chi connectivity index (χ1n) is 6.19. The highest BCUT2D eigenvalue weighted by Gasteiger charge is 1.99. The molecule has 0 radical (unpaired) electrons. The normalized spacial score (nSPS) is 10.2. The van der Waals surface area contributed by atoms with Crippen molar-refractivity contribution in [1.82, 2.24) is 15.6 Å². The molecule has 2 N–H and O–H groups in total. The van der Waals surface area contributed by atoms with Crippen molar-refractivity contribution in [2.75, 3.05) is 13.1 Å². The van der Waals surface area contributed by atoms with Crippen LogP contribution >= 0.6 is 0 Å². The molecule has 1 aromatic heterocycles. The summed E-state index contributed by atoms with van der Waals surface area (Å²) >= 11 is 0. The number of nitrogens with one attached hydrogen (secondary N) is 2. The Balaban J connectivity index is 2.05. The van der Waals surface area contributed by atoms with Crippen molar-refractivity contribution in [1.29, 1.82) is 0 Å². The third kappa shape index (κ3) is 6.68. The topological polar surface area (TPSA) is 54.0 Å². The number of amides is 1. The third-order valence-electron chi connectivity index (χ3n) is 2.46. The van der Waals surface area contributed by atoms with Crippen molar-refractivity contribution in [2.24, 2.45) is 0 Å². The van der Waals surface area contributed by atoms with Gasteiger partial charge in [-0.25, -0.2) is 0 Å². The van der Waals surface area contributed by atoms with Crippen molar-refractivity contribution in [3.05, 3.63) is 30.1 Å². The zero-order valence-electron chi connectivity index (χ0n) is 10.4. The summed E-state index contributed by atoms with van der Waals surface area (Å²) in [5, 5.41) is 5.98. The third-order valence-corrected chi connectivity index (χ3v) is 2.46. The summed E-state index contributed by atoms with van der Waals surface area (Å²) in [7, 11) is 0. The molecular weight excluding hydrogens is 214 g/mol. The van der Waals surface area contributed by atoms with E-state index < -0.39 is 0 Å². The molecule has 0 aromatic carbocycles. The molecule has 4 nitrogen and oxygen atoms in total.